The molecule has 7 heteroatoms. The zero-order valence-corrected chi connectivity index (χ0v) is 18.7. The number of carbonyl (C=O) groups is 1. The number of likely N-dealkylation sites (N-methyl/N-ethyl adjacent to an activating group) is 1. The predicted molar refractivity (Wildman–Crippen MR) is 117 cm³/mol. The van der Waals surface area contributed by atoms with Crippen LogP contribution >= 0.6 is 0 Å². The predicted octanol–water partition coefficient (Wildman–Crippen LogP) is 1.83. The molecular weight excluding hydrogens is 366 g/mol. The van der Waals surface area contributed by atoms with Crippen molar-refractivity contribution in [3.8, 4) is 0 Å². The minimum atomic E-state index is 0.0197. The molecule has 0 spiro atoms. The molecule has 0 aromatic rings. The van der Waals surface area contributed by atoms with Gasteiger partial charge in [-0.05, 0) is 70.4 Å². The van der Waals surface area contributed by atoms with Crippen LogP contribution in [0, 0.1) is 5.92 Å². The second-order valence-electron chi connectivity index (χ2n) is 9.34. The molecule has 3 fully saturated rings. The lowest BCUT2D eigenvalue weighted by Gasteiger charge is -2.40. The van der Waals surface area contributed by atoms with Crippen molar-refractivity contribution < 1.29 is 9.53 Å². The molecule has 1 saturated carbocycles. The molecule has 1 aliphatic carbocycles. The van der Waals surface area contributed by atoms with E-state index < -0.39 is 0 Å². The van der Waals surface area contributed by atoms with Gasteiger partial charge in [-0.15, -0.1) is 0 Å². The van der Waals surface area contributed by atoms with Gasteiger partial charge in [0.2, 0.25) is 5.91 Å². The monoisotopic (exact) mass is 407 g/mol. The van der Waals surface area contributed by atoms with Crippen LogP contribution in [0.15, 0.2) is 4.99 Å². The summed E-state index contributed by atoms with van der Waals surface area (Å²) >= 11 is 0. The fraction of sp³-hybridized carbons (Fsp3) is 0.909. The van der Waals surface area contributed by atoms with Crippen LogP contribution in [0.2, 0.25) is 0 Å². The molecule has 2 heterocycles. The van der Waals surface area contributed by atoms with E-state index in [2.05, 4.69) is 27.4 Å². The van der Waals surface area contributed by atoms with Crippen molar-refractivity contribution in [2.75, 3.05) is 46.9 Å². The van der Waals surface area contributed by atoms with Crippen molar-refractivity contribution in [3.05, 3.63) is 0 Å². The van der Waals surface area contributed by atoms with E-state index in [1.165, 1.54) is 51.6 Å². The molecule has 7 nitrogen and oxygen atoms in total. The Morgan fingerprint density at radius 3 is 2.45 bits per heavy atom. The third-order valence-corrected chi connectivity index (χ3v) is 6.76. The summed E-state index contributed by atoms with van der Waals surface area (Å²) in [6.45, 7) is 6.70. The summed E-state index contributed by atoms with van der Waals surface area (Å²) in [6, 6.07) is 1.18. The van der Waals surface area contributed by atoms with Gasteiger partial charge in [0.05, 0.1) is 6.10 Å². The summed E-state index contributed by atoms with van der Waals surface area (Å²) in [5.41, 5.74) is 0. The van der Waals surface area contributed by atoms with Gasteiger partial charge in [-0.1, -0.05) is 6.92 Å². The molecule has 1 unspecified atom stereocenters. The summed E-state index contributed by atoms with van der Waals surface area (Å²) < 4.78 is 5.72. The Kier molecular flexibility index (Phi) is 8.60. The lowest BCUT2D eigenvalue weighted by Crippen LogP contribution is -2.50. The number of nitrogens with one attached hydrogen (secondary N) is 2. The molecule has 0 aromatic heterocycles. The summed E-state index contributed by atoms with van der Waals surface area (Å²) in [4.78, 5) is 20.8. The molecule has 1 atom stereocenters. The number of carbonyl (C=O) groups excluding carboxylic acids is 1. The Morgan fingerprint density at radius 2 is 1.83 bits per heavy atom. The number of likely N-dealkylation sites (tertiary alicyclic amines) is 1. The fourth-order valence-electron chi connectivity index (χ4n) is 4.63. The highest BCUT2D eigenvalue weighted by atomic mass is 16.5. The average molecular weight is 408 g/mol. The minimum absolute atomic E-state index is 0.0197. The average Bonchev–Trinajstić information content (AvgIpc) is 3.24. The molecule has 0 bridgehead atoms. The van der Waals surface area contributed by atoms with E-state index in [9.17, 15) is 4.79 Å². The highest BCUT2D eigenvalue weighted by Gasteiger charge is 2.28. The van der Waals surface area contributed by atoms with Crippen LogP contribution in [0.1, 0.15) is 58.3 Å². The number of hydrogen-bond donors (Lipinski definition) is 2. The van der Waals surface area contributed by atoms with E-state index >= 15 is 0 Å². The number of guanidine groups is 1. The van der Waals surface area contributed by atoms with Crippen molar-refractivity contribution in [3.63, 3.8) is 0 Å². The third-order valence-electron chi connectivity index (χ3n) is 6.76. The first-order valence-corrected chi connectivity index (χ1v) is 11.6. The highest BCUT2D eigenvalue weighted by Crippen LogP contribution is 2.27. The molecule has 0 aromatic carbocycles. The molecule has 2 aliphatic heterocycles. The standard InChI is InChI=1S/C22H41N5O2/c1-17-10-12-27(13-11-17)19-8-6-18(7-9-19)25-22(24-16-21(28)26(2)3)23-15-20-5-4-14-29-20/h17-20H,4-16H2,1-3H3,(H2,23,24,25). The van der Waals surface area contributed by atoms with E-state index in [1.54, 1.807) is 19.0 Å². The molecule has 2 N–H and O–H groups in total. The van der Waals surface area contributed by atoms with E-state index in [0.29, 0.717) is 6.04 Å². The van der Waals surface area contributed by atoms with Crippen molar-refractivity contribution >= 4 is 11.9 Å². The van der Waals surface area contributed by atoms with Crippen molar-refractivity contribution in [2.24, 2.45) is 10.9 Å². The van der Waals surface area contributed by atoms with Gasteiger partial charge in [0.1, 0.15) is 6.54 Å². The first kappa shape index (κ1) is 22.3. The van der Waals surface area contributed by atoms with Crippen LogP contribution in [0.4, 0.5) is 0 Å². The summed E-state index contributed by atoms with van der Waals surface area (Å²) in [6.07, 6.45) is 10.0. The fourth-order valence-corrected chi connectivity index (χ4v) is 4.63. The first-order valence-electron chi connectivity index (χ1n) is 11.6. The topological polar surface area (TPSA) is 69.2 Å². The Balaban J connectivity index is 1.47. The van der Waals surface area contributed by atoms with E-state index in [4.69, 9.17) is 4.74 Å². The maximum absolute atomic E-state index is 12.0. The maximum atomic E-state index is 12.0. The molecule has 1 amide bonds. The molecule has 3 aliphatic rings. The van der Waals surface area contributed by atoms with Crippen LogP contribution in [0.3, 0.4) is 0 Å². The Labute approximate surface area is 176 Å². The Hall–Kier alpha value is -1.34. The number of aliphatic imine (C=N–C) groups is 1. The van der Waals surface area contributed by atoms with Crippen LogP contribution < -0.4 is 10.6 Å². The largest absolute Gasteiger partial charge is 0.376 e. The van der Waals surface area contributed by atoms with Crippen molar-refractivity contribution in [2.45, 2.75) is 76.5 Å². The van der Waals surface area contributed by atoms with Gasteiger partial charge in [0.15, 0.2) is 5.96 Å². The van der Waals surface area contributed by atoms with E-state index in [0.717, 1.165) is 43.9 Å². The number of nitrogens with zero attached hydrogens (tertiary/aromatic N) is 3. The van der Waals surface area contributed by atoms with Gasteiger partial charge in [-0.3, -0.25) is 4.79 Å². The number of amides is 1. The smallest absolute Gasteiger partial charge is 0.243 e. The summed E-state index contributed by atoms with van der Waals surface area (Å²) in [5.74, 6) is 1.67. The van der Waals surface area contributed by atoms with Gasteiger partial charge in [0, 0.05) is 39.3 Å². The van der Waals surface area contributed by atoms with Gasteiger partial charge in [-0.25, -0.2) is 4.99 Å². The van der Waals surface area contributed by atoms with E-state index in [-0.39, 0.29) is 18.6 Å². The van der Waals surface area contributed by atoms with Crippen molar-refractivity contribution in [1.82, 2.24) is 20.4 Å². The molecule has 29 heavy (non-hydrogen) atoms. The number of ether oxygens (including phenoxy) is 1. The van der Waals surface area contributed by atoms with Gasteiger partial charge < -0.3 is 25.2 Å². The summed E-state index contributed by atoms with van der Waals surface area (Å²) in [7, 11) is 3.54. The van der Waals surface area contributed by atoms with Crippen molar-refractivity contribution in [1.29, 1.82) is 0 Å². The Bertz CT molecular complexity index is 531. The zero-order valence-electron chi connectivity index (χ0n) is 18.7. The summed E-state index contributed by atoms with van der Waals surface area (Å²) in [5, 5.41) is 7.01. The lowest BCUT2D eigenvalue weighted by molar-refractivity contribution is -0.127. The third kappa shape index (κ3) is 7.14. The second-order valence-corrected chi connectivity index (χ2v) is 9.34. The number of hydrogen-bond acceptors (Lipinski definition) is 4. The van der Waals surface area contributed by atoms with E-state index in [1.807, 2.05) is 0 Å². The van der Waals surface area contributed by atoms with Crippen LogP contribution in [0.25, 0.3) is 0 Å². The molecule has 3 rings (SSSR count). The quantitative estimate of drug-likeness (QED) is 0.519. The molecule has 166 valence electrons. The number of rotatable bonds is 6. The maximum Gasteiger partial charge on any atom is 0.243 e. The number of piperidine rings is 1. The van der Waals surface area contributed by atoms with Gasteiger partial charge >= 0.3 is 0 Å². The van der Waals surface area contributed by atoms with Crippen LogP contribution in [-0.2, 0) is 9.53 Å². The van der Waals surface area contributed by atoms with Gasteiger partial charge in [-0.2, -0.15) is 0 Å². The van der Waals surface area contributed by atoms with Crippen LogP contribution in [0.5, 0.6) is 0 Å². The second kappa shape index (κ2) is 11.2. The molecule has 0 radical (unpaired) electrons. The molecular formula is C22H41N5O2. The zero-order chi connectivity index (χ0) is 20.6. The Morgan fingerprint density at radius 1 is 1.10 bits per heavy atom. The minimum Gasteiger partial charge on any atom is -0.376 e. The molecule has 2 saturated heterocycles. The SMILES string of the molecule is CC1CCN(C2CCC(NC(=NCC(=O)N(C)C)NCC3CCCO3)CC2)CC1. The first-order chi connectivity index (χ1) is 14.0. The lowest BCUT2D eigenvalue weighted by atomic mass is 9.88. The van der Waals surface area contributed by atoms with Crippen LogP contribution in [-0.4, -0.2) is 86.7 Å². The highest BCUT2D eigenvalue weighted by molar-refractivity contribution is 5.84. The van der Waals surface area contributed by atoms with Gasteiger partial charge in [0.25, 0.3) is 0 Å². The normalized spacial score (nSPS) is 29.6.